The minimum absolute atomic E-state index is 0.0387. The summed E-state index contributed by atoms with van der Waals surface area (Å²) in [6.45, 7) is 6.41. The van der Waals surface area contributed by atoms with Crippen LogP contribution >= 0.6 is 0 Å². The van der Waals surface area contributed by atoms with Gasteiger partial charge < -0.3 is 19.2 Å². The number of likely N-dealkylation sites (tertiary alicyclic amines) is 1. The monoisotopic (exact) mass is 443 g/mol. The molecule has 0 radical (unpaired) electrons. The molecule has 1 N–H and O–H groups in total. The number of piperidine rings is 1. The molecule has 0 bridgehead atoms. The fourth-order valence-corrected chi connectivity index (χ4v) is 4.52. The molecule has 4 aromatic rings. The van der Waals surface area contributed by atoms with E-state index in [4.69, 9.17) is 4.42 Å². The van der Waals surface area contributed by atoms with Gasteiger partial charge in [-0.3, -0.25) is 14.8 Å². The third-order valence-electron chi connectivity index (χ3n) is 6.40. The Morgan fingerprint density at radius 1 is 1.09 bits per heavy atom. The third kappa shape index (κ3) is 5.05. The lowest BCUT2D eigenvalue weighted by atomic mass is 10.0. The van der Waals surface area contributed by atoms with E-state index in [-0.39, 0.29) is 5.56 Å². The topological polar surface area (TPSA) is 76.2 Å². The van der Waals surface area contributed by atoms with Gasteiger partial charge in [0.15, 0.2) is 0 Å². The standard InChI is InChI=1S/C26H29N5O2/c1-19-13-24-23(29-15-19)4-5-26(32)31(24)11-10-30-8-6-22(7-9-30)28-17-20-14-21(18-27-16-20)25-3-2-12-33-25/h2-5,12-16,18,22,28H,6-11,17H2,1H3. The first-order valence-electron chi connectivity index (χ1n) is 11.6. The van der Waals surface area contributed by atoms with Crippen LogP contribution in [-0.4, -0.2) is 45.1 Å². The average molecular weight is 444 g/mol. The van der Waals surface area contributed by atoms with Gasteiger partial charge in [-0.15, -0.1) is 0 Å². The Balaban J connectivity index is 1.13. The van der Waals surface area contributed by atoms with Crippen molar-refractivity contribution >= 4 is 11.0 Å². The van der Waals surface area contributed by atoms with E-state index in [0.717, 1.165) is 72.5 Å². The number of furan rings is 1. The summed E-state index contributed by atoms with van der Waals surface area (Å²) >= 11 is 0. The summed E-state index contributed by atoms with van der Waals surface area (Å²) in [5, 5.41) is 3.68. The largest absolute Gasteiger partial charge is 0.464 e. The molecule has 0 atom stereocenters. The first-order chi connectivity index (χ1) is 16.2. The van der Waals surface area contributed by atoms with Crippen molar-refractivity contribution in [1.29, 1.82) is 0 Å². The summed E-state index contributed by atoms with van der Waals surface area (Å²) in [6.07, 6.45) is 9.46. The lowest BCUT2D eigenvalue weighted by molar-refractivity contribution is 0.191. The zero-order valence-corrected chi connectivity index (χ0v) is 18.9. The first-order valence-corrected chi connectivity index (χ1v) is 11.6. The fourth-order valence-electron chi connectivity index (χ4n) is 4.52. The minimum atomic E-state index is 0.0387. The average Bonchev–Trinajstić information content (AvgIpc) is 3.38. The molecular weight excluding hydrogens is 414 g/mol. The van der Waals surface area contributed by atoms with Crippen LogP contribution in [0.15, 0.2) is 70.5 Å². The molecule has 0 amide bonds. The molecular formula is C26H29N5O2. The number of pyridine rings is 3. The van der Waals surface area contributed by atoms with Crippen molar-refractivity contribution in [3.05, 3.63) is 82.7 Å². The van der Waals surface area contributed by atoms with Gasteiger partial charge in [-0.1, -0.05) is 0 Å². The lowest BCUT2D eigenvalue weighted by Crippen LogP contribution is -2.43. The van der Waals surface area contributed by atoms with E-state index in [1.165, 1.54) is 0 Å². The van der Waals surface area contributed by atoms with Gasteiger partial charge in [-0.25, -0.2) is 0 Å². The lowest BCUT2D eigenvalue weighted by Gasteiger charge is -2.32. The van der Waals surface area contributed by atoms with Crippen LogP contribution < -0.4 is 10.9 Å². The Morgan fingerprint density at radius 3 is 2.79 bits per heavy atom. The summed E-state index contributed by atoms with van der Waals surface area (Å²) in [4.78, 5) is 23.8. The minimum Gasteiger partial charge on any atom is -0.464 e. The van der Waals surface area contributed by atoms with Gasteiger partial charge in [0.2, 0.25) is 0 Å². The predicted octanol–water partition coefficient (Wildman–Crippen LogP) is 3.61. The van der Waals surface area contributed by atoms with Crippen molar-refractivity contribution < 1.29 is 4.42 Å². The van der Waals surface area contributed by atoms with Crippen molar-refractivity contribution in [2.24, 2.45) is 0 Å². The number of aromatic nitrogens is 3. The summed E-state index contributed by atoms with van der Waals surface area (Å²) in [6, 6.07) is 11.9. The summed E-state index contributed by atoms with van der Waals surface area (Å²) < 4.78 is 7.34. The second-order valence-electron chi connectivity index (χ2n) is 8.80. The van der Waals surface area contributed by atoms with E-state index < -0.39 is 0 Å². The van der Waals surface area contributed by atoms with Gasteiger partial charge in [-0.2, -0.15) is 0 Å². The summed E-state index contributed by atoms with van der Waals surface area (Å²) in [5.74, 6) is 0.842. The number of hydrogen-bond acceptors (Lipinski definition) is 6. The van der Waals surface area contributed by atoms with Gasteiger partial charge in [0.1, 0.15) is 5.76 Å². The number of rotatable bonds is 7. The van der Waals surface area contributed by atoms with E-state index in [2.05, 4.69) is 32.3 Å². The second-order valence-corrected chi connectivity index (χ2v) is 8.80. The molecule has 0 saturated carbocycles. The van der Waals surface area contributed by atoms with E-state index >= 15 is 0 Å². The van der Waals surface area contributed by atoms with E-state index in [0.29, 0.717) is 12.6 Å². The van der Waals surface area contributed by atoms with Crippen molar-refractivity contribution in [3.63, 3.8) is 0 Å². The van der Waals surface area contributed by atoms with E-state index in [1.807, 2.05) is 48.3 Å². The Hall–Kier alpha value is -3.29. The highest BCUT2D eigenvalue weighted by molar-refractivity contribution is 5.74. The molecule has 0 spiro atoms. The number of hydrogen-bond donors (Lipinski definition) is 1. The van der Waals surface area contributed by atoms with Gasteiger partial charge in [0.25, 0.3) is 5.56 Å². The molecule has 33 heavy (non-hydrogen) atoms. The fraction of sp³-hybridized carbons (Fsp3) is 0.346. The van der Waals surface area contributed by atoms with Gasteiger partial charge in [0, 0.05) is 55.9 Å². The molecule has 1 fully saturated rings. The predicted molar refractivity (Wildman–Crippen MR) is 129 cm³/mol. The molecule has 0 aromatic carbocycles. The number of aryl methyl sites for hydroxylation is 1. The Kier molecular flexibility index (Phi) is 6.32. The normalized spacial score (nSPS) is 15.3. The maximum absolute atomic E-state index is 12.5. The Labute approximate surface area is 193 Å². The molecule has 4 aromatic heterocycles. The number of nitrogens with zero attached hydrogens (tertiary/aromatic N) is 4. The van der Waals surface area contributed by atoms with Gasteiger partial charge in [-0.05, 0) is 74.3 Å². The van der Waals surface area contributed by atoms with Gasteiger partial charge >= 0.3 is 0 Å². The van der Waals surface area contributed by atoms with Gasteiger partial charge in [0.05, 0.1) is 17.3 Å². The molecule has 0 aliphatic carbocycles. The van der Waals surface area contributed by atoms with Crippen LogP contribution in [0.25, 0.3) is 22.4 Å². The van der Waals surface area contributed by atoms with Crippen molar-refractivity contribution in [1.82, 2.24) is 24.8 Å². The quantitative estimate of drug-likeness (QED) is 0.470. The molecule has 5 heterocycles. The highest BCUT2D eigenvalue weighted by Gasteiger charge is 2.19. The zero-order chi connectivity index (χ0) is 22.6. The zero-order valence-electron chi connectivity index (χ0n) is 18.9. The summed E-state index contributed by atoms with van der Waals surface area (Å²) in [5.41, 5.74) is 5.06. The van der Waals surface area contributed by atoms with Crippen molar-refractivity contribution in [3.8, 4) is 11.3 Å². The molecule has 5 rings (SSSR count). The molecule has 1 saturated heterocycles. The first kappa shape index (κ1) is 21.6. The van der Waals surface area contributed by atoms with E-state index in [9.17, 15) is 4.79 Å². The SMILES string of the molecule is Cc1cnc2ccc(=O)n(CCN3CCC(NCc4cncc(-c5ccco5)c4)CC3)c2c1. The summed E-state index contributed by atoms with van der Waals surface area (Å²) in [7, 11) is 0. The maximum Gasteiger partial charge on any atom is 0.251 e. The van der Waals surface area contributed by atoms with Crippen LogP contribution in [-0.2, 0) is 13.1 Å². The molecule has 1 aliphatic heterocycles. The third-order valence-corrected chi connectivity index (χ3v) is 6.40. The van der Waals surface area contributed by atoms with E-state index in [1.54, 1.807) is 12.3 Å². The molecule has 7 nitrogen and oxygen atoms in total. The highest BCUT2D eigenvalue weighted by Crippen LogP contribution is 2.20. The van der Waals surface area contributed by atoms with Crippen LogP contribution in [0.2, 0.25) is 0 Å². The Morgan fingerprint density at radius 2 is 1.97 bits per heavy atom. The molecule has 7 heteroatoms. The van der Waals surface area contributed by atoms with Crippen LogP contribution in [0.5, 0.6) is 0 Å². The second kappa shape index (κ2) is 9.68. The molecule has 170 valence electrons. The smallest absolute Gasteiger partial charge is 0.251 e. The van der Waals surface area contributed by atoms with Crippen molar-refractivity contribution in [2.45, 2.75) is 38.9 Å². The highest BCUT2D eigenvalue weighted by atomic mass is 16.3. The van der Waals surface area contributed by atoms with Crippen LogP contribution in [0, 0.1) is 6.92 Å². The molecule has 1 aliphatic rings. The number of nitrogens with one attached hydrogen (secondary N) is 1. The Bertz CT molecular complexity index is 1270. The van der Waals surface area contributed by atoms with Crippen LogP contribution in [0.4, 0.5) is 0 Å². The number of fused-ring (bicyclic) bond motifs is 1. The van der Waals surface area contributed by atoms with Crippen LogP contribution in [0.1, 0.15) is 24.0 Å². The maximum atomic E-state index is 12.5. The van der Waals surface area contributed by atoms with Crippen LogP contribution in [0.3, 0.4) is 0 Å². The molecule has 0 unspecified atom stereocenters. The van der Waals surface area contributed by atoms with Crippen molar-refractivity contribution in [2.75, 3.05) is 19.6 Å².